The number of nitrogens with zero attached hydrogens (tertiary/aromatic N) is 1. The Bertz CT molecular complexity index is 704. The summed E-state index contributed by atoms with van der Waals surface area (Å²) in [5, 5.41) is 4.40. The molecule has 0 spiro atoms. The molecule has 94 valence electrons. The Morgan fingerprint density at radius 2 is 1.63 bits per heavy atom. The average molecular weight is 306 g/mol. The SMILES string of the molecule is Clc1ccc(-c2csc(-c3ccccc3Cl)n2)cc1. The summed E-state index contributed by atoms with van der Waals surface area (Å²) < 4.78 is 0. The summed E-state index contributed by atoms with van der Waals surface area (Å²) in [5.74, 6) is 0. The second-order valence-corrected chi connectivity index (χ2v) is 5.73. The van der Waals surface area contributed by atoms with Crippen molar-refractivity contribution in [2.24, 2.45) is 0 Å². The molecule has 0 aliphatic carbocycles. The number of hydrogen-bond acceptors (Lipinski definition) is 2. The molecule has 0 atom stereocenters. The Balaban J connectivity index is 2.00. The molecule has 0 saturated heterocycles. The van der Waals surface area contributed by atoms with Crippen molar-refractivity contribution in [2.45, 2.75) is 0 Å². The first-order chi connectivity index (χ1) is 9.24. The predicted octanol–water partition coefficient (Wildman–Crippen LogP) is 5.78. The monoisotopic (exact) mass is 305 g/mol. The van der Waals surface area contributed by atoms with Crippen LogP contribution in [0, 0.1) is 0 Å². The minimum absolute atomic E-state index is 0.722. The lowest BCUT2D eigenvalue weighted by molar-refractivity contribution is 1.40. The third-order valence-corrected chi connectivity index (χ3v) is 4.21. The Morgan fingerprint density at radius 1 is 0.895 bits per heavy atom. The highest BCUT2D eigenvalue weighted by Gasteiger charge is 2.09. The van der Waals surface area contributed by atoms with E-state index in [0.29, 0.717) is 0 Å². The fraction of sp³-hybridized carbons (Fsp3) is 0. The molecule has 3 aromatic rings. The van der Waals surface area contributed by atoms with Gasteiger partial charge in [0, 0.05) is 21.5 Å². The summed E-state index contributed by atoms with van der Waals surface area (Å²) in [6.07, 6.45) is 0. The maximum Gasteiger partial charge on any atom is 0.125 e. The van der Waals surface area contributed by atoms with Crippen LogP contribution in [0.2, 0.25) is 10.0 Å². The first-order valence-corrected chi connectivity index (χ1v) is 7.34. The normalized spacial score (nSPS) is 10.6. The van der Waals surface area contributed by atoms with E-state index in [1.807, 2.05) is 53.9 Å². The van der Waals surface area contributed by atoms with Gasteiger partial charge in [0.05, 0.1) is 10.7 Å². The summed E-state index contributed by atoms with van der Waals surface area (Å²) in [4.78, 5) is 4.63. The molecule has 0 amide bonds. The van der Waals surface area contributed by atoms with Crippen LogP contribution < -0.4 is 0 Å². The van der Waals surface area contributed by atoms with Gasteiger partial charge in [0.2, 0.25) is 0 Å². The quantitative estimate of drug-likeness (QED) is 0.584. The molecule has 1 aromatic heterocycles. The highest BCUT2D eigenvalue weighted by Crippen LogP contribution is 2.33. The lowest BCUT2D eigenvalue weighted by Crippen LogP contribution is -1.80. The number of aromatic nitrogens is 1. The Kier molecular flexibility index (Phi) is 3.56. The van der Waals surface area contributed by atoms with Crippen molar-refractivity contribution < 1.29 is 0 Å². The molecule has 0 fully saturated rings. The van der Waals surface area contributed by atoms with Gasteiger partial charge < -0.3 is 0 Å². The third kappa shape index (κ3) is 2.66. The molecule has 19 heavy (non-hydrogen) atoms. The van der Waals surface area contributed by atoms with Crippen LogP contribution in [0.25, 0.3) is 21.8 Å². The Hall–Kier alpha value is -1.35. The molecule has 0 N–H and O–H groups in total. The number of hydrogen-bond donors (Lipinski definition) is 0. The van der Waals surface area contributed by atoms with Crippen molar-refractivity contribution in [1.29, 1.82) is 0 Å². The van der Waals surface area contributed by atoms with Gasteiger partial charge in [-0.25, -0.2) is 4.98 Å². The maximum absolute atomic E-state index is 6.18. The van der Waals surface area contributed by atoms with Gasteiger partial charge in [-0.15, -0.1) is 11.3 Å². The van der Waals surface area contributed by atoms with Crippen LogP contribution in [-0.2, 0) is 0 Å². The van der Waals surface area contributed by atoms with Crippen LogP contribution in [-0.4, -0.2) is 4.98 Å². The Labute approximate surface area is 125 Å². The molecule has 0 saturated carbocycles. The van der Waals surface area contributed by atoms with Gasteiger partial charge in [-0.2, -0.15) is 0 Å². The van der Waals surface area contributed by atoms with E-state index in [4.69, 9.17) is 23.2 Å². The standard InChI is InChI=1S/C15H9Cl2NS/c16-11-7-5-10(6-8-11)14-9-19-15(18-14)12-3-1-2-4-13(12)17/h1-9H. The second-order valence-electron chi connectivity index (χ2n) is 4.02. The van der Waals surface area contributed by atoms with Crippen LogP contribution >= 0.6 is 34.5 Å². The lowest BCUT2D eigenvalue weighted by atomic mass is 10.2. The van der Waals surface area contributed by atoms with Crippen LogP contribution in [0.4, 0.5) is 0 Å². The van der Waals surface area contributed by atoms with Gasteiger partial charge in [-0.05, 0) is 18.2 Å². The largest absolute Gasteiger partial charge is 0.236 e. The fourth-order valence-electron chi connectivity index (χ4n) is 1.79. The molecule has 2 aromatic carbocycles. The number of benzene rings is 2. The van der Waals surface area contributed by atoms with E-state index >= 15 is 0 Å². The molecule has 3 rings (SSSR count). The van der Waals surface area contributed by atoms with Crippen LogP contribution in [0.3, 0.4) is 0 Å². The lowest BCUT2D eigenvalue weighted by Gasteiger charge is -1.99. The van der Waals surface area contributed by atoms with Crippen LogP contribution in [0.1, 0.15) is 0 Å². The van der Waals surface area contributed by atoms with Gasteiger partial charge in [-0.1, -0.05) is 53.5 Å². The minimum atomic E-state index is 0.722. The van der Waals surface area contributed by atoms with Gasteiger partial charge in [-0.3, -0.25) is 0 Å². The van der Waals surface area contributed by atoms with E-state index in [2.05, 4.69) is 4.98 Å². The highest BCUT2D eigenvalue weighted by atomic mass is 35.5. The van der Waals surface area contributed by atoms with Gasteiger partial charge in [0.25, 0.3) is 0 Å². The third-order valence-electron chi connectivity index (χ3n) is 2.75. The topological polar surface area (TPSA) is 12.9 Å². The Morgan fingerprint density at radius 3 is 2.37 bits per heavy atom. The number of halogens is 2. The smallest absolute Gasteiger partial charge is 0.125 e. The van der Waals surface area contributed by atoms with Crippen molar-refractivity contribution in [2.75, 3.05) is 0 Å². The molecule has 1 nitrogen and oxygen atoms in total. The van der Waals surface area contributed by atoms with E-state index in [1.54, 1.807) is 11.3 Å². The molecular formula is C15H9Cl2NS. The zero-order valence-electron chi connectivity index (χ0n) is 9.81. The molecule has 0 bridgehead atoms. The van der Waals surface area contributed by atoms with E-state index in [0.717, 1.165) is 31.9 Å². The molecule has 0 radical (unpaired) electrons. The van der Waals surface area contributed by atoms with Gasteiger partial charge >= 0.3 is 0 Å². The van der Waals surface area contributed by atoms with Crippen LogP contribution in [0.15, 0.2) is 53.9 Å². The van der Waals surface area contributed by atoms with E-state index in [-0.39, 0.29) is 0 Å². The summed E-state index contributed by atoms with van der Waals surface area (Å²) >= 11 is 13.7. The molecular weight excluding hydrogens is 297 g/mol. The zero-order chi connectivity index (χ0) is 13.2. The molecule has 4 heteroatoms. The molecule has 0 aliphatic heterocycles. The summed E-state index contributed by atoms with van der Waals surface area (Å²) in [6, 6.07) is 15.4. The highest BCUT2D eigenvalue weighted by molar-refractivity contribution is 7.13. The van der Waals surface area contributed by atoms with Crippen molar-refractivity contribution in [3.05, 3.63) is 64.0 Å². The zero-order valence-corrected chi connectivity index (χ0v) is 12.1. The summed E-state index contributed by atoms with van der Waals surface area (Å²) in [7, 11) is 0. The number of rotatable bonds is 2. The van der Waals surface area contributed by atoms with E-state index < -0.39 is 0 Å². The summed E-state index contributed by atoms with van der Waals surface area (Å²) in [6.45, 7) is 0. The molecule has 0 unspecified atom stereocenters. The number of thiazole rings is 1. The van der Waals surface area contributed by atoms with Gasteiger partial charge in [0.15, 0.2) is 0 Å². The average Bonchev–Trinajstić information content (AvgIpc) is 2.89. The van der Waals surface area contributed by atoms with Crippen molar-refractivity contribution in [3.8, 4) is 21.8 Å². The van der Waals surface area contributed by atoms with Crippen molar-refractivity contribution >= 4 is 34.5 Å². The second kappa shape index (κ2) is 5.33. The van der Waals surface area contributed by atoms with Crippen molar-refractivity contribution in [1.82, 2.24) is 4.98 Å². The van der Waals surface area contributed by atoms with Crippen LogP contribution in [0.5, 0.6) is 0 Å². The summed E-state index contributed by atoms with van der Waals surface area (Å²) in [5.41, 5.74) is 2.96. The maximum atomic E-state index is 6.18. The first-order valence-electron chi connectivity index (χ1n) is 5.70. The minimum Gasteiger partial charge on any atom is -0.236 e. The van der Waals surface area contributed by atoms with E-state index in [1.165, 1.54) is 0 Å². The first kappa shape index (κ1) is 12.7. The van der Waals surface area contributed by atoms with Crippen molar-refractivity contribution in [3.63, 3.8) is 0 Å². The molecule has 0 aliphatic rings. The predicted molar refractivity (Wildman–Crippen MR) is 83.0 cm³/mol. The van der Waals surface area contributed by atoms with Gasteiger partial charge in [0.1, 0.15) is 5.01 Å². The fourth-order valence-corrected chi connectivity index (χ4v) is 3.06. The van der Waals surface area contributed by atoms with E-state index in [9.17, 15) is 0 Å². The molecule has 1 heterocycles.